The number of nitrogens with one attached hydrogen (secondary N) is 4. The molecule has 0 spiro atoms. The van der Waals surface area contributed by atoms with E-state index in [4.69, 9.17) is 25.8 Å². The third-order valence-corrected chi connectivity index (χ3v) is 19.2. The second-order valence-electron chi connectivity index (χ2n) is 23.8. The highest BCUT2D eigenvalue weighted by molar-refractivity contribution is 7.90. The minimum absolute atomic E-state index is 0.0549. The number of pyridine rings is 1. The second-order valence-corrected chi connectivity index (χ2v) is 25.9. The first-order chi connectivity index (χ1) is 44.6. The summed E-state index contributed by atoms with van der Waals surface area (Å²) in [4.78, 5) is 91.7. The van der Waals surface area contributed by atoms with Crippen LogP contribution in [0.25, 0.3) is 22.2 Å². The van der Waals surface area contributed by atoms with E-state index in [1.54, 1.807) is 42.6 Å². The van der Waals surface area contributed by atoms with Crippen molar-refractivity contribution >= 4 is 79.3 Å². The van der Waals surface area contributed by atoms with Gasteiger partial charge in [0, 0.05) is 130 Å². The Morgan fingerprint density at radius 2 is 1.61 bits per heavy atom. The zero-order chi connectivity index (χ0) is 63.9. The van der Waals surface area contributed by atoms with Crippen molar-refractivity contribution in [3.63, 3.8) is 0 Å². The van der Waals surface area contributed by atoms with E-state index in [0.717, 1.165) is 103 Å². The predicted octanol–water partition coefficient (Wildman–Crippen LogP) is 9.58. The quantitative estimate of drug-likeness (QED) is 0.0153. The predicted molar refractivity (Wildman–Crippen MR) is 345 cm³/mol. The number of benzene rings is 5. The van der Waals surface area contributed by atoms with Crippen molar-refractivity contribution in [3.8, 4) is 40.2 Å². The van der Waals surface area contributed by atoms with Crippen LogP contribution >= 0.6 is 11.6 Å². The molecule has 1 atom stereocenters. The molecule has 92 heavy (non-hydrogen) atoms. The Labute approximate surface area is 537 Å². The molecule has 5 aliphatic heterocycles. The number of halogens is 1. The Morgan fingerprint density at radius 1 is 0.826 bits per heavy atom. The van der Waals surface area contributed by atoms with E-state index in [0.29, 0.717) is 93.4 Å². The van der Waals surface area contributed by atoms with Gasteiger partial charge in [-0.15, -0.1) is 0 Å². The molecule has 24 heteroatoms. The summed E-state index contributed by atoms with van der Waals surface area (Å²) < 4.78 is 48.4. The molecule has 0 aliphatic carbocycles. The zero-order valence-electron chi connectivity index (χ0n) is 50.5. The molecule has 4 N–H and O–H groups in total. The summed E-state index contributed by atoms with van der Waals surface area (Å²) in [6.07, 6.45) is 9.63. The fourth-order valence-electron chi connectivity index (χ4n) is 12.5. The molecule has 0 bridgehead atoms. The number of carbonyl (C=O) groups is 5. The number of imide groups is 2. The number of hydrogen-bond acceptors (Lipinski definition) is 17. The summed E-state index contributed by atoms with van der Waals surface area (Å²) in [6, 6.07) is 30.0. The number of sulfonamides is 1. The number of piperazine rings is 1. The number of rotatable bonds is 23. The van der Waals surface area contributed by atoms with E-state index >= 15 is 0 Å². The van der Waals surface area contributed by atoms with E-state index in [2.05, 4.69) is 57.9 Å². The van der Waals surface area contributed by atoms with E-state index in [-0.39, 0.29) is 46.9 Å². The number of ether oxygens (including phenoxy) is 3. The van der Waals surface area contributed by atoms with Gasteiger partial charge < -0.3 is 34.3 Å². The van der Waals surface area contributed by atoms with Crippen LogP contribution in [-0.2, 0) is 30.9 Å². The summed E-state index contributed by atoms with van der Waals surface area (Å²) >= 11 is 6.37. The number of aromatic amines is 1. The fraction of sp³-hybridized carbons (Fsp3) is 0.353. The monoisotopic (exact) mass is 1280 g/mol. The van der Waals surface area contributed by atoms with Gasteiger partial charge >= 0.3 is 0 Å². The molecule has 1 unspecified atom stereocenters. The van der Waals surface area contributed by atoms with Gasteiger partial charge in [0.05, 0.1) is 39.3 Å². The number of nitrogens with zero attached hydrogens (tertiary/aromatic N) is 6. The Hall–Kier alpha value is -9.18. The smallest absolute Gasteiger partial charge is 0.293 e. The maximum Gasteiger partial charge on any atom is 0.293 e. The van der Waals surface area contributed by atoms with Crippen molar-refractivity contribution in [2.45, 2.75) is 75.3 Å². The molecule has 0 saturated carbocycles. The molecular formula is C68H69ClN10O12S. The van der Waals surface area contributed by atoms with Crippen molar-refractivity contribution in [1.82, 2.24) is 34.7 Å². The number of H-pyrrole nitrogens is 1. The Bertz CT molecular complexity index is 4150. The molecule has 22 nitrogen and oxygen atoms in total. The van der Waals surface area contributed by atoms with Crippen LogP contribution in [0.1, 0.15) is 100.0 Å². The minimum Gasteiger partial charge on any atom is -0.493 e. The van der Waals surface area contributed by atoms with Gasteiger partial charge in [0.2, 0.25) is 11.8 Å². The van der Waals surface area contributed by atoms with Crippen molar-refractivity contribution in [3.05, 3.63) is 165 Å². The van der Waals surface area contributed by atoms with E-state index in [1.165, 1.54) is 24.4 Å². The molecule has 7 aromatic rings. The molecular weight excluding hydrogens is 1220 g/mol. The van der Waals surface area contributed by atoms with Gasteiger partial charge in [-0.3, -0.25) is 49.2 Å². The van der Waals surface area contributed by atoms with Gasteiger partial charge in [0.15, 0.2) is 0 Å². The van der Waals surface area contributed by atoms with Crippen LogP contribution in [0.4, 0.5) is 17.1 Å². The molecule has 12 rings (SSSR count). The molecule has 5 aliphatic rings. The average Bonchev–Trinajstić information content (AvgIpc) is 1.60. The summed E-state index contributed by atoms with van der Waals surface area (Å²) in [7, 11) is -4.62. The number of piperidine rings is 1. The number of hydrogen-bond donors (Lipinski definition) is 4. The number of anilines is 2. The third kappa shape index (κ3) is 14.4. The van der Waals surface area contributed by atoms with Crippen molar-refractivity contribution in [2.24, 2.45) is 11.8 Å². The molecule has 476 valence electrons. The van der Waals surface area contributed by atoms with Crippen LogP contribution in [-0.4, -0.2) is 146 Å². The first kappa shape index (κ1) is 63.0. The highest BCUT2D eigenvalue weighted by atomic mass is 35.5. The summed E-state index contributed by atoms with van der Waals surface area (Å²) in [5.41, 5.74) is 5.05. The summed E-state index contributed by atoms with van der Waals surface area (Å²) in [6.45, 7) is 8.29. The number of nitro benzene ring substituents is 1. The number of aromatic nitrogens is 2. The average molecular weight is 1290 g/mol. The highest BCUT2D eigenvalue weighted by Crippen LogP contribution is 2.37. The number of amides is 5. The molecule has 7 heterocycles. The standard InChI is InChI=1S/C68H69ClN10O12S/c69-49-16-14-46(15-17-49)53-11-8-13-60(90-43-45-40-76(41-45)28-6-4-2-1-3-5-9-47-10-7-12-55-63(47)68(84)78(67(55)83)58-22-23-62(80)73-66(58)82)56(53)42-75-29-31-77(32-30-75)50-18-20-54(61(36-50)91-51-35-48-24-27-70-64(48)72-39-51)65(81)74-92(87,88)52-19-21-57(59(37-52)79(85)86)71-38-44-25-33-89-34-26-44/h7-8,10-21,24,27,35-37,39,44-45,58,71H,1-4,6,22-23,25-26,28-34,38,40-43H2,(H,70,72)(H,74,81)(H,73,80,82). The second kappa shape index (κ2) is 28.1. The first-order valence-electron chi connectivity index (χ1n) is 31.1. The van der Waals surface area contributed by atoms with Crippen molar-refractivity contribution < 1.29 is 51.5 Å². The van der Waals surface area contributed by atoms with E-state index in [9.17, 15) is 42.5 Å². The Morgan fingerprint density at radius 3 is 2.40 bits per heavy atom. The topological polar surface area (TPSA) is 268 Å². The third-order valence-electron chi connectivity index (χ3n) is 17.6. The Balaban J connectivity index is 0.647. The Kier molecular flexibility index (Phi) is 19.3. The lowest BCUT2D eigenvalue weighted by Gasteiger charge is -2.39. The molecule has 5 amide bonds. The summed E-state index contributed by atoms with van der Waals surface area (Å²) in [5, 5.41) is 19.0. The van der Waals surface area contributed by atoms with Gasteiger partial charge in [-0.25, -0.2) is 18.1 Å². The lowest BCUT2D eigenvalue weighted by atomic mass is 9.97. The maximum absolute atomic E-state index is 14.1. The fourth-order valence-corrected chi connectivity index (χ4v) is 13.6. The van der Waals surface area contributed by atoms with Crippen molar-refractivity contribution in [2.75, 3.05) is 82.4 Å². The number of carbonyl (C=O) groups excluding carboxylic acids is 5. The SMILES string of the molecule is O=C1CCC(N2C(=O)c3cccc(C#CCCCCCCN4CC(COc5cccc(-c6ccc(Cl)cc6)c5CN5CCN(c6ccc(C(=O)NS(=O)(=O)c7ccc(NCC8CCOCC8)c([N+](=O)[O-])c7)c(Oc7cnc8[nH]ccc8c7)c6)CC5)C4)c3C2=O)C(=O)N1. The minimum atomic E-state index is -4.62. The number of fused-ring (bicyclic) bond motifs is 2. The number of unbranched alkanes of at least 4 members (excludes halogenated alkanes) is 4. The zero-order valence-corrected chi connectivity index (χ0v) is 52.1. The van der Waals surface area contributed by atoms with Crippen LogP contribution in [0, 0.1) is 33.8 Å². The lowest BCUT2D eigenvalue weighted by Crippen LogP contribution is -2.54. The summed E-state index contributed by atoms with van der Waals surface area (Å²) in [5.74, 6) is 4.94. The van der Waals surface area contributed by atoms with Gasteiger partial charge in [0.25, 0.3) is 33.4 Å². The van der Waals surface area contributed by atoms with E-state index in [1.807, 2.05) is 42.5 Å². The molecule has 2 aromatic heterocycles. The number of likely N-dealkylation sites (tertiary alicyclic amines) is 1. The van der Waals surface area contributed by atoms with Crippen LogP contribution in [0.15, 0.2) is 126 Å². The normalized spacial score (nSPS) is 17.4. The van der Waals surface area contributed by atoms with E-state index < -0.39 is 61.1 Å². The van der Waals surface area contributed by atoms with Gasteiger partial charge in [0.1, 0.15) is 34.6 Å². The number of nitro groups is 1. The lowest BCUT2D eigenvalue weighted by molar-refractivity contribution is -0.384. The molecule has 4 saturated heterocycles. The van der Waals surface area contributed by atoms with Gasteiger partial charge in [-0.1, -0.05) is 66.6 Å². The largest absolute Gasteiger partial charge is 0.493 e. The molecule has 0 radical (unpaired) electrons. The van der Waals surface area contributed by atoms with Gasteiger partial charge in [-0.05, 0) is 122 Å². The maximum atomic E-state index is 14.1. The van der Waals surface area contributed by atoms with Gasteiger partial charge in [-0.2, -0.15) is 0 Å². The van der Waals surface area contributed by atoms with Crippen LogP contribution in [0.2, 0.25) is 5.02 Å². The first-order valence-corrected chi connectivity index (χ1v) is 32.9. The van der Waals surface area contributed by atoms with Crippen LogP contribution < -0.4 is 29.7 Å². The highest BCUT2D eigenvalue weighted by Gasteiger charge is 2.45. The van der Waals surface area contributed by atoms with Crippen LogP contribution in [0.3, 0.4) is 0 Å². The molecule has 5 aromatic carbocycles. The van der Waals surface area contributed by atoms with Crippen molar-refractivity contribution in [1.29, 1.82) is 0 Å². The molecule has 4 fully saturated rings. The van der Waals surface area contributed by atoms with Crippen LogP contribution in [0.5, 0.6) is 17.2 Å².